The highest BCUT2D eigenvalue weighted by molar-refractivity contribution is 7.80. The van der Waals surface area contributed by atoms with Crippen molar-refractivity contribution in [1.29, 1.82) is 0 Å². The second kappa shape index (κ2) is 27.1. The van der Waals surface area contributed by atoms with Crippen molar-refractivity contribution in [3.05, 3.63) is 18.2 Å². The minimum Gasteiger partial charge on any atom is -0.480 e. The zero-order valence-corrected chi connectivity index (χ0v) is 36.7. The number of aromatic amines is 1. The van der Waals surface area contributed by atoms with Crippen LogP contribution < -0.4 is 48.3 Å². The summed E-state index contributed by atoms with van der Waals surface area (Å²) in [5.74, 6) is -9.13. The van der Waals surface area contributed by atoms with Crippen LogP contribution in [0.4, 0.5) is 0 Å². The average Bonchev–Trinajstić information content (AvgIpc) is 3.73. The normalized spacial score (nSPS) is 16.1. The fraction of sp³-hybridized carbons (Fsp3) is 0.667. The van der Waals surface area contributed by atoms with Crippen molar-refractivity contribution in [2.24, 2.45) is 17.6 Å². The molecule has 61 heavy (non-hydrogen) atoms. The number of nitrogens with one attached hydrogen (secondary N) is 9. The molecule has 0 saturated carbocycles. The first-order valence-electron chi connectivity index (χ1n) is 19.5. The number of aromatic nitrogens is 2. The standard InChI is InChI=1S/C36H61N11O12S2/c1-7-17(4)27(46-32(54)23(9-20-10-38-15-40-20)43-30(52)21(37)13-60)34(56)44-22(8-16(2)3)31(53)39-11-26(50)42-24(12-48)33(55)47-28(19(6)49)35(57)41-18(5)29(51)45-25(14-61)36(58)59/h10,15-19,21-25,27-28,48-49,60-61H,7-9,11-14,37H2,1-6H3,(H,38,40)(H,39,53)(H,41,57)(H,42,50)(H,43,52)(H,44,56)(H,45,51)(H,46,54)(H,47,55)(H,58,59)/t17-,18-,19+,21-,22-,23-,24-,25-,27-,28-/m0/s1. The van der Waals surface area contributed by atoms with Crippen LogP contribution in [-0.2, 0) is 49.6 Å². The smallest absolute Gasteiger partial charge is 0.327 e. The van der Waals surface area contributed by atoms with Gasteiger partial charge in [0.1, 0.15) is 42.3 Å². The number of aliphatic hydroxyl groups is 2. The van der Waals surface area contributed by atoms with Gasteiger partial charge in [-0.15, -0.1) is 0 Å². The van der Waals surface area contributed by atoms with E-state index in [9.17, 15) is 53.4 Å². The molecule has 1 rings (SSSR count). The highest BCUT2D eigenvalue weighted by atomic mass is 32.1. The van der Waals surface area contributed by atoms with Crippen molar-refractivity contribution in [3.8, 4) is 0 Å². The van der Waals surface area contributed by atoms with Gasteiger partial charge in [0.05, 0.1) is 31.6 Å². The first kappa shape index (κ1) is 54.0. The van der Waals surface area contributed by atoms with Crippen LogP contribution in [0.2, 0.25) is 0 Å². The summed E-state index contributed by atoms with van der Waals surface area (Å²) in [4.78, 5) is 123. The summed E-state index contributed by atoms with van der Waals surface area (Å²) in [5, 5.41) is 48.3. The van der Waals surface area contributed by atoms with Crippen molar-refractivity contribution in [2.75, 3.05) is 24.7 Å². The summed E-state index contributed by atoms with van der Waals surface area (Å²) in [6.45, 7) is 7.71. The molecule has 0 radical (unpaired) electrons. The molecule has 0 fully saturated rings. The molecule has 0 aliphatic heterocycles. The lowest BCUT2D eigenvalue weighted by Gasteiger charge is -2.29. The summed E-state index contributed by atoms with van der Waals surface area (Å²) in [6.07, 6.45) is 1.81. The molecule has 1 aromatic heterocycles. The molecule has 0 aliphatic rings. The third-order valence-corrected chi connectivity index (χ3v) is 9.91. The minimum atomic E-state index is -1.70. The molecule has 344 valence electrons. The number of H-pyrrole nitrogens is 1. The fourth-order valence-corrected chi connectivity index (χ4v) is 5.76. The average molecular weight is 904 g/mol. The number of nitrogens with two attached hydrogens (primary N) is 1. The van der Waals surface area contributed by atoms with Crippen molar-refractivity contribution in [3.63, 3.8) is 0 Å². The number of amides is 8. The number of imidazole rings is 1. The second-order valence-electron chi connectivity index (χ2n) is 14.8. The van der Waals surface area contributed by atoms with Crippen LogP contribution in [0, 0.1) is 11.8 Å². The number of carboxylic acid groups (broad SMARTS) is 1. The van der Waals surface area contributed by atoms with Crippen molar-refractivity contribution in [1.82, 2.24) is 52.5 Å². The number of rotatable bonds is 27. The summed E-state index contributed by atoms with van der Waals surface area (Å²) in [6, 6.07) is -10.6. The Bertz CT molecular complexity index is 1650. The second-order valence-corrected chi connectivity index (χ2v) is 15.5. The number of aliphatic carboxylic acids is 1. The van der Waals surface area contributed by atoms with Gasteiger partial charge in [-0.05, 0) is 32.1 Å². The third kappa shape index (κ3) is 18.7. The monoisotopic (exact) mass is 903 g/mol. The molecular weight excluding hydrogens is 843 g/mol. The van der Waals surface area contributed by atoms with E-state index in [0.29, 0.717) is 12.1 Å². The first-order chi connectivity index (χ1) is 28.6. The number of hydrogen-bond donors (Lipinski definition) is 15. The first-order valence-corrected chi connectivity index (χ1v) is 20.7. The zero-order valence-electron chi connectivity index (χ0n) is 34.9. The van der Waals surface area contributed by atoms with Gasteiger partial charge in [0, 0.05) is 29.8 Å². The maximum absolute atomic E-state index is 13.8. The Kier molecular flexibility index (Phi) is 24.0. The van der Waals surface area contributed by atoms with Gasteiger partial charge in [-0.1, -0.05) is 34.1 Å². The van der Waals surface area contributed by atoms with Gasteiger partial charge in [-0.25, -0.2) is 9.78 Å². The van der Waals surface area contributed by atoms with E-state index in [4.69, 9.17) is 10.8 Å². The Labute approximate surface area is 364 Å². The number of carbonyl (C=O) groups is 9. The summed E-state index contributed by atoms with van der Waals surface area (Å²) < 4.78 is 0. The molecule has 0 spiro atoms. The fourth-order valence-electron chi connectivity index (χ4n) is 5.35. The number of carbonyl (C=O) groups excluding carboxylic acids is 8. The van der Waals surface area contributed by atoms with Gasteiger partial charge in [0.15, 0.2) is 0 Å². The van der Waals surface area contributed by atoms with Gasteiger partial charge >= 0.3 is 5.97 Å². The summed E-state index contributed by atoms with van der Waals surface area (Å²) >= 11 is 7.88. The van der Waals surface area contributed by atoms with Gasteiger partial charge in [0.25, 0.3) is 0 Å². The van der Waals surface area contributed by atoms with E-state index in [0.717, 1.165) is 6.92 Å². The Hall–Kier alpha value is -4.98. The SMILES string of the molecule is CC[C@H](C)[C@H](NC(=O)[C@H](Cc1cnc[nH]1)NC(=O)[C@@H](N)CS)C(=O)N[C@@H](CC(C)C)C(=O)NCC(=O)N[C@@H](CO)C(=O)N[C@H](C(=O)N[C@@H](C)C(=O)N[C@@H](CS)C(=O)O)[C@@H](C)O. The Balaban J connectivity index is 3.03. The lowest BCUT2D eigenvalue weighted by atomic mass is 9.96. The molecule has 0 saturated heterocycles. The Morgan fingerprint density at radius 2 is 1.30 bits per heavy atom. The molecule has 8 amide bonds. The van der Waals surface area contributed by atoms with Gasteiger partial charge in [0.2, 0.25) is 47.3 Å². The van der Waals surface area contributed by atoms with Crippen molar-refractivity contribution >= 4 is 78.5 Å². The lowest BCUT2D eigenvalue weighted by molar-refractivity contribution is -0.141. The van der Waals surface area contributed by atoms with Crippen LogP contribution in [0.5, 0.6) is 0 Å². The number of carboxylic acids is 1. The van der Waals surface area contributed by atoms with Crippen molar-refractivity contribution < 1.29 is 58.5 Å². The van der Waals surface area contributed by atoms with Crippen LogP contribution in [-0.4, -0.2) is 158 Å². The molecule has 1 aromatic rings. The molecule has 25 heteroatoms. The lowest BCUT2D eigenvalue weighted by Crippen LogP contribution is -2.61. The van der Waals surface area contributed by atoms with E-state index in [1.807, 2.05) is 0 Å². The quantitative estimate of drug-likeness (QED) is 0.0369. The maximum atomic E-state index is 13.8. The molecule has 0 aromatic carbocycles. The molecule has 1 heterocycles. The molecule has 10 atom stereocenters. The van der Waals surface area contributed by atoms with Crippen molar-refractivity contribution in [2.45, 2.75) is 115 Å². The maximum Gasteiger partial charge on any atom is 0.327 e. The number of nitrogens with zero attached hydrogens (tertiary/aromatic N) is 1. The van der Waals surface area contributed by atoms with E-state index >= 15 is 0 Å². The zero-order chi connectivity index (χ0) is 46.6. The van der Waals surface area contributed by atoms with E-state index < -0.39 is 127 Å². The van der Waals surface area contributed by atoms with Crippen LogP contribution in [0.15, 0.2) is 12.5 Å². The van der Waals surface area contributed by atoms with Crippen LogP contribution in [0.3, 0.4) is 0 Å². The molecule has 0 aliphatic carbocycles. The summed E-state index contributed by atoms with van der Waals surface area (Å²) in [7, 11) is 0. The van der Waals surface area contributed by atoms with E-state index in [1.165, 1.54) is 19.4 Å². The molecule has 0 bridgehead atoms. The highest BCUT2D eigenvalue weighted by Gasteiger charge is 2.35. The molecule has 0 unspecified atom stereocenters. The van der Waals surface area contributed by atoms with Crippen LogP contribution in [0.1, 0.15) is 60.1 Å². The number of hydrogen-bond acceptors (Lipinski definition) is 15. The third-order valence-electron chi connectivity index (χ3n) is 9.15. The predicted octanol–water partition coefficient (Wildman–Crippen LogP) is -4.78. The molecule has 14 N–H and O–H groups in total. The van der Waals surface area contributed by atoms with Crippen LogP contribution >= 0.6 is 25.3 Å². The number of aliphatic hydroxyl groups excluding tert-OH is 2. The largest absolute Gasteiger partial charge is 0.480 e. The van der Waals surface area contributed by atoms with Gasteiger partial charge in [-0.3, -0.25) is 38.4 Å². The van der Waals surface area contributed by atoms with Gasteiger partial charge < -0.3 is 68.6 Å². The Morgan fingerprint density at radius 3 is 1.80 bits per heavy atom. The highest BCUT2D eigenvalue weighted by Crippen LogP contribution is 2.12. The van der Waals surface area contributed by atoms with E-state index in [2.05, 4.69) is 77.8 Å². The van der Waals surface area contributed by atoms with Crippen LogP contribution in [0.25, 0.3) is 0 Å². The van der Waals surface area contributed by atoms with Gasteiger partial charge in [-0.2, -0.15) is 25.3 Å². The summed E-state index contributed by atoms with van der Waals surface area (Å²) in [5.41, 5.74) is 6.31. The topological polar surface area (TPSA) is 365 Å². The van der Waals surface area contributed by atoms with E-state index in [-0.39, 0.29) is 30.3 Å². The number of thiol groups is 2. The predicted molar refractivity (Wildman–Crippen MR) is 225 cm³/mol. The molecular formula is C36H61N11O12S2. The molecule has 23 nitrogen and oxygen atoms in total. The Morgan fingerprint density at radius 1 is 0.721 bits per heavy atom. The van der Waals surface area contributed by atoms with E-state index in [1.54, 1.807) is 27.7 Å². The minimum absolute atomic E-state index is 0.00647.